The molecule has 0 aliphatic carbocycles. The summed E-state index contributed by atoms with van der Waals surface area (Å²) in [5.41, 5.74) is -0.717. The number of benzene rings is 4. The van der Waals surface area contributed by atoms with Crippen molar-refractivity contribution in [3.05, 3.63) is 138 Å². The molecule has 125 heavy (non-hydrogen) atoms. The number of fused-ring (bicyclic) bond motifs is 4. The number of nitrogens with zero attached hydrogens (tertiary/aromatic N) is 8. The zero-order valence-corrected chi connectivity index (χ0v) is 71.0. The van der Waals surface area contributed by atoms with Gasteiger partial charge in [-0.3, -0.25) is 33.6 Å². The van der Waals surface area contributed by atoms with Crippen LogP contribution in [0.5, 0.6) is 28.7 Å². The Morgan fingerprint density at radius 3 is 1.82 bits per heavy atom. The Morgan fingerprint density at radius 2 is 1.18 bits per heavy atom. The molecule has 43 heteroatoms. The average molecular weight is 1790 g/mol. The van der Waals surface area contributed by atoms with E-state index in [9.17, 15) is 98.2 Å². The molecule has 7 aromatic rings. The second-order valence-corrected chi connectivity index (χ2v) is 35.8. The van der Waals surface area contributed by atoms with E-state index in [1.165, 1.54) is 118 Å². The molecular formula is C82H100ClN9O32S. The van der Waals surface area contributed by atoms with E-state index in [-0.39, 0.29) is 102 Å². The summed E-state index contributed by atoms with van der Waals surface area (Å²) in [6.07, 6.45) is -22.2. The van der Waals surface area contributed by atoms with Crippen molar-refractivity contribution >= 4 is 91.3 Å². The number of imide groups is 1. The van der Waals surface area contributed by atoms with E-state index in [1.807, 2.05) is 55.4 Å². The molecule has 5 aliphatic rings. The van der Waals surface area contributed by atoms with Crippen LogP contribution in [0, 0.1) is 21.7 Å². The number of hydrogen-bond acceptors (Lipinski definition) is 33. The third kappa shape index (κ3) is 22.1. The lowest BCUT2D eigenvalue weighted by Crippen LogP contribution is -2.62. The van der Waals surface area contributed by atoms with Crippen LogP contribution in [0.1, 0.15) is 104 Å². The van der Waals surface area contributed by atoms with Crippen molar-refractivity contribution in [3.63, 3.8) is 0 Å². The molecule has 41 nitrogen and oxygen atoms in total. The lowest BCUT2D eigenvalue weighted by atomic mass is 9.92. The number of aliphatic hydroxyl groups excluding tert-OH is 9. The zero-order valence-electron chi connectivity index (χ0n) is 69.5. The number of aliphatic carboxylic acids is 2. The fraction of sp³-hybridized carbons (Fsp3) is 0.512. The number of imidazole rings is 1. The number of carboxylic acid groups (broad SMARTS) is 2. The first-order chi connectivity index (χ1) is 58.8. The minimum Gasteiger partial charge on any atom is -0.497 e. The Labute approximate surface area is 720 Å². The van der Waals surface area contributed by atoms with Crippen LogP contribution in [-0.2, 0) is 75.9 Å². The average Bonchev–Trinajstić information content (AvgIpc) is 1.60. The van der Waals surface area contributed by atoms with Gasteiger partial charge in [-0.25, -0.2) is 14.6 Å². The van der Waals surface area contributed by atoms with Crippen molar-refractivity contribution in [1.29, 1.82) is 0 Å². The van der Waals surface area contributed by atoms with Crippen LogP contribution in [0.15, 0.2) is 110 Å². The second kappa shape index (κ2) is 38.2. The normalized spacial score (nSPS) is 24.9. The number of nitrogens with one attached hydrogen (secondary N) is 1. The van der Waals surface area contributed by atoms with E-state index in [2.05, 4.69) is 20.6 Å². The smallest absolute Gasteiger partial charge is 0.497 e. The SMILES string of the molecule is COc1ccc2c(OS(=O)(=O)Oc3cc(C(=O)N(C)CC(C)(C)COCC(C)(C)Cn4cc(COCC(C)(C)COCC(C)(C)CN5C(=O)C=CC5=O)nn4)ccc3O[C@@H]3O[C@H](C(=O)O)[C@@H](O)[C@H](O)[C@H]3O)cc3c(c2c1)[C@H](CCl)CN3C(=O)c1cn2cc(NC(=O)c3ccc(O[C@@H]4O[C@H](CO[C@@H]5OC(C(=O)O)[C@@H](O)[C@H](O)[C@H]5O)[C@H](O)[C@H](O)[C@H]4O)cc3)ccc2n1. The number of carbonyl (C=O) groups is 7. The van der Waals surface area contributed by atoms with Crippen LogP contribution >= 0.6 is 11.6 Å². The first-order valence-corrected chi connectivity index (χ1v) is 41.3. The number of hydrogen-bond donors (Lipinski definition) is 12. The highest BCUT2D eigenvalue weighted by Gasteiger charge is 2.52. The van der Waals surface area contributed by atoms with E-state index in [0.717, 1.165) is 12.1 Å². The van der Waals surface area contributed by atoms with Gasteiger partial charge in [0.2, 0.25) is 12.6 Å². The first-order valence-electron chi connectivity index (χ1n) is 39.4. The Balaban J connectivity index is 0.698. The minimum atomic E-state index is -5.48. The number of aliphatic hydroxyl groups is 9. The van der Waals surface area contributed by atoms with Gasteiger partial charge in [0.25, 0.3) is 29.5 Å². The monoisotopic (exact) mass is 1790 g/mol. The molecule has 5 aliphatic heterocycles. The number of aromatic nitrogens is 5. The highest BCUT2D eigenvalue weighted by atomic mass is 35.5. The van der Waals surface area contributed by atoms with Crippen LogP contribution in [-0.4, -0.2) is 312 Å². The molecule has 678 valence electrons. The maximum absolute atomic E-state index is 15.0. The van der Waals surface area contributed by atoms with Crippen molar-refractivity contribution in [2.75, 3.05) is 89.5 Å². The zero-order chi connectivity index (χ0) is 90.9. The standard InChI is InChI=1S/C82H100ClN9O32S/c1-79(2,36-115-37-80(3,4)34-90-29-45(86-87-90)31-114-39-82(7,8)40-116-38-81(5,6)35-92-57(93)21-22-58(92)94)33-88(9)72(105)42-13-19-52(119-78-68(103)63(98)65(100)70(122-78)75(109)110)54(23-42)124-125(111,112)123-53-25-51-59(49-24-47(113-10)17-18-48(49)53)43(26-83)27-91(51)73(106)50-30-89-28-44(14-20-56(89)85-50)84-71(104)41-11-15-46(16-12-41)118-77-67(102)61(96)60(95)55(120-77)32-117-76-66(101)62(97)64(99)69(121-76)74(107)108/h11-25,28-30,43,55,60-70,76-78,95-103H,26-27,31-40H2,1-10H3,(H,84,104)(H,107,108)(H,109,110)/t43-,55-,60+,61+,62+,63+,64+,65+,66-,67-,68-,69?,70+,76-,77-,78-/m1/s1. The third-order valence-corrected chi connectivity index (χ3v) is 22.2. The number of methoxy groups -OCH3 is 1. The molecule has 12 N–H and O–H groups in total. The number of halogens is 1. The summed E-state index contributed by atoms with van der Waals surface area (Å²) in [6.45, 7) is 16.9. The predicted molar refractivity (Wildman–Crippen MR) is 434 cm³/mol. The number of alkyl halides is 1. The van der Waals surface area contributed by atoms with Crippen LogP contribution in [0.3, 0.4) is 0 Å². The molecule has 16 atom stereocenters. The van der Waals surface area contributed by atoms with Gasteiger partial charge in [-0.15, -0.1) is 25.1 Å². The molecule has 4 aromatic carbocycles. The van der Waals surface area contributed by atoms with Crippen molar-refractivity contribution in [3.8, 4) is 28.7 Å². The summed E-state index contributed by atoms with van der Waals surface area (Å²) in [5, 5.41) is 126. The first kappa shape index (κ1) is 93.9. The van der Waals surface area contributed by atoms with Gasteiger partial charge in [0, 0.05) is 114 Å². The maximum Gasteiger partial charge on any atom is 0.501 e. The van der Waals surface area contributed by atoms with Gasteiger partial charge in [-0.1, -0.05) is 60.6 Å². The van der Waals surface area contributed by atoms with Gasteiger partial charge in [0.05, 0.1) is 70.9 Å². The molecule has 3 aromatic heterocycles. The van der Waals surface area contributed by atoms with E-state index < -0.39 is 184 Å². The molecular weight excluding hydrogens is 1690 g/mol. The van der Waals surface area contributed by atoms with Gasteiger partial charge in [0.1, 0.15) is 89.6 Å². The molecule has 8 heterocycles. The van der Waals surface area contributed by atoms with Crippen LogP contribution in [0.4, 0.5) is 11.4 Å². The van der Waals surface area contributed by atoms with Gasteiger partial charge in [-0.05, 0) is 83.7 Å². The molecule has 0 bridgehead atoms. The number of pyridine rings is 1. The van der Waals surface area contributed by atoms with Gasteiger partial charge < -0.3 is 131 Å². The fourth-order valence-corrected chi connectivity index (χ4v) is 15.8. The van der Waals surface area contributed by atoms with Gasteiger partial charge in [0.15, 0.2) is 35.7 Å². The molecule has 5 amide bonds. The molecule has 0 spiro atoms. The number of carbonyl (C=O) groups excluding carboxylic acids is 5. The Kier molecular flexibility index (Phi) is 28.7. The maximum atomic E-state index is 15.0. The van der Waals surface area contributed by atoms with Gasteiger partial charge in [-0.2, -0.15) is 0 Å². The summed E-state index contributed by atoms with van der Waals surface area (Å²) < 4.78 is 101. The summed E-state index contributed by atoms with van der Waals surface area (Å²) >= 11 is 6.68. The predicted octanol–water partition coefficient (Wildman–Crippen LogP) is 1.74. The topological polar surface area (TPSA) is 557 Å². The lowest BCUT2D eigenvalue weighted by Gasteiger charge is -2.42. The van der Waals surface area contributed by atoms with Crippen LogP contribution < -0.4 is 32.8 Å². The highest BCUT2D eigenvalue weighted by Crippen LogP contribution is 2.48. The van der Waals surface area contributed by atoms with E-state index in [0.29, 0.717) is 48.8 Å². The number of ether oxygens (including phenoxy) is 10. The molecule has 3 fully saturated rings. The minimum absolute atomic E-state index is 0.00284. The van der Waals surface area contributed by atoms with Crippen LogP contribution in [0.25, 0.3) is 16.4 Å². The summed E-state index contributed by atoms with van der Waals surface area (Å²) in [4.78, 5) is 99.7. The summed E-state index contributed by atoms with van der Waals surface area (Å²) in [6, 6.07) is 17.5. The summed E-state index contributed by atoms with van der Waals surface area (Å²) in [7, 11) is -2.59. The molecule has 12 rings (SSSR count). The fourth-order valence-electron chi connectivity index (χ4n) is 14.8. The molecule has 3 saturated heterocycles. The van der Waals surface area contributed by atoms with Crippen molar-refractivity contribution < 1.29 is 154 Å². The Bertz CT molecular complexity index is 5260. The Morgan fingerprint density at radius 1 is 0.600 bits per heavy atom. The third-order valence-electron chi connectivity index (χ3n) is 21.1. The molecule has 1 unspecified atom stereocenters. The van der Waals surface area contributed by atoms with E-state index >= 15 is 0 Å². The van der Waals surface area contributed by atoms with E-state index in [1.54, 1.807) is 16.9 Å². The van der Waals surface area contributed by atoms with Crippen molar-refractivity contribution in [2.45, 2.75) is 167 Å². The molecule has 0 radical (unpaired) electrons. The number of carboxylic acids is 2. The van der Waals surface area contributed by atoms with Crippen molar-refractivity contribution in [2.24, 2.45) is 21.7 Å². The summed E-state index contributed by atoms with van der Waals surface area (Å²) in [5.74, 6) is -8.35. The second-order valence-electron chi connectivity index (χ2n) is 34.4. The Hall–Kier alpha value is -10.2. The van der Waals surface area contributed by atoms with Crippen LogP contribution in [0.2, 0.25) is 0 Å². The van der Waals surface area contributed by atoms with E-state index in [4.69, 9.17) is 67.3 Å². The van der Waals surface area contributed by atoms with Gasteiger partial charge >= 0.3 is 22.3 Å². The molecule has 0 saturated carbocycles. The number of amides is 5. The quantitative estimate of drug-likeness (QED) is 0.0195. The number of anilines is 2. The lowest BCUT2D eigenvalue weighted by molar-refractivity contribution is -0.318. The van der Waals surface area contributed by atoms with Crippen molar-refractivity contribution in [1.82, 2.24) is 34.2 Å². The number of rotatable bonds is 37. The highest BCUT2D eigenvalue weighted by molar-refractivity contribution is 7.82. The largest absolute Gasteiger partial charge is 0.501 e.